The number of rotatable bonds is 6. The fourth-order valence-electron chi connectivity index (χ4n) is 2.77. The topological polar surface area (TPSA) is 64.6 Å². The summed E-state index contributed by atoms with van der Waals surface area (Å²) in [4.78, 5) is 24.7. The highest BCUT2D eigenvalue weighted by molar-refractivity contribution is 5.97. The number of esters is 1. The molecule has 1 atom stereocenters. The molecule has 1 amide bonds. The molecule has 0 radical (unpaired) electrons. The van der Waals surface area contributed by atoms with Gasteiger partial charge in [-0.25, -0.2) is 4.79 Å². The molecule has 0 spiro atoms. The fraction of sp³-hybridized carbons (Fsp3) is 0.300. The summed E-state index contributed by atoms with van der Waals surface area (Å²) in [5.41, 5.74) is 3.32. The summed E-state index contributed by atoms with van der Waals surface area (Å²) in [5, 5.41) is 2.77. The number of ether oxygens (including phenoxy) is 2. The van der Waals surface area contributed by atoms with Crippen molar-refractivity contribution in [2.24, 2.45) is 0 Å². The van der Waals surface area contributed by atoms with Crippen LogP contribution in [-0.2, 0) is 16.0 Å². The highest BCUT2D eigenvalue weighted by Crippen LogP contribution is 2.19. The molecule has 0 fully saturated rings. The third kappa shape index (κ3) is 4.83. The van der Waals surface area contributed by atoms with Crippen LogP contribution in [0.5, 0.6) is 5.75 Å². The average molecular weight is 341 g/mol. The lowest BCUT2D eigenvalue weighted by molar-refractivity contribution is -0.142. The lowest BCUT2D eigenvalue weighted by Crippen LogP contribution is -2.43. The van der Waals surface area contributed by atoms with E-state index in [1.807, 2.05) is 44.2 Å². The van der Waals surface area contributed by atoms with Crippen LogP contribution in [0.1, 0.15) is 27.0 Å². The van der Waals surface area contributed by atoms with Gasteiger partial charge in [-0.1, -0.05) is 35.4 Å². The number of amides is 1. The molecule has 0 bridgehead atoms. The van der Waals surface area contributed by atoms with Crippen LogP contribution < -0.4 is 10.1 Å². The number of methoxy groups -OCH3 is 2. The van der Waals surface area contributed by atoms with E-state index in [9.17, 15) is 9.59 Å². The maximum absolute atomic E-state index is 12.6. The van der Waals surface area contributed by atoms with Crippen LogP contribution in [0.2, 0.25) is 0 Å². The molecular formula is C20H23NO4. The predicted octanol–water partition coefficient (Wildman–Crippen LogP) is 2.83. The Hall–Kier alpha value is -2.82. The van der Waals surface area contributed by atoms with Crippen LogP contribution in [0.3, 0.4) is 0 Å². The molecule has 1 N–H and O–H groups in total. The van der Waals surface area contributed by atoms with Crippen LogP contribution in [-0.4, -0.2) is 32.1 Å². The van der Waals surface area contributed by atoms with Gasteiger partial charge in [0.25, 0.3) is 5.91 Å². The monoisotopic (exact) mass is 341 g/mol. The van der Waals surface area contributed by atoms with Crippen LogP contribution in [0.15, 0.2) is 42.5 Å². The largest absolute Gasteiger partial charge is 0.496 e. The summed E-state index contributed by atoms with van der Waals surface area (Å²) in [6, 6.07) is 12.2. The predicted molar refractivity (Wildman–Crippen MR) is 95.9 cm³/mol. The van der Waals surface area contributed by atoms with E-state index in [1.165, 1.54) is 7.11 Å². The smallest absolute Gasteiger partial charge is 0.328 e. The summed E-state index contributed by atoms with van der Waals surface area (Å²) in [6.07, 6.45) is 0.285. The van der Waals surface area contributed by atoms with Crippen LogP contribution in [0, 0.1) is 13.8 Å². The lowest BCUT2D eigenvalue weighted by Gasteiger charge is -2.18. The fourth-order valence-corrected chi connectivity index (χ4v) is 2.77. The van der Waals surface area contributed by atoms with Crippen LogP contribution in [0.25, 0.3) is 0 Å². The molecule has 0 aliphatic carbocycles. The molecule has 2 rings (SSSR count). The first-order chi connectivity index (χ1) is 11.9. The minimum Gasteiger partial charge on any atom is -0.496 e. The first-order valence-corrected chi connectivity index (χ1v) is 8.03. The summed E-state index contributed by atoms with van der Waals surface area (Å²) >= 11 is 0. The molecule has 0 unspecified atom stereocenters. The SMILES string of the molecule is COC(=O)[C@H](Cc1ccccc1OC)NC(=O)c1cc(C)cc(C)c1. The Labute approximate surface area is 148 Å². The number of aryl methyl sites for hydroxylation is 2. The highest BCUT2D eigenvalue weighted by atomic mass is 16.5. The van der Waals surface area contributed by atoms with Crippen molar-refractivity contribution in [3.63, 3.8) is 0 Å². The van der Waals surface area contributed by atoms with Gasteiger partial charge in [0.15, 0.2) is 0 Å². The number of nitrogens with one attached hydrogen (secondary N) is 1. The molecule has 5 nitrogen and oxygen atoms in total. The van der Waals surface area contributed by atoms with Crippen molar-refractivity contribution in [2.75, 3.05) is 14.2 Å². The van der Waals surface area contributed by atoms with Crippen LogP contribution in [0.4, 0.5) is 0 Å². The zero-order valence-electron chi connectivity index (χ0n) is 15.0. The molecule has 0 saturated carbocycles. The maximum atomic E-state index is 12.6. The zero-order valence-corrected chi connectivity index (χ0v) is 15.0. The Balaban J connectivity index is 2.23. The standard InChI is InChI=1S/C20H23NO4/c1-13-9-14(2)11-16(10-13)19(22)21-17(20(23)25-4)12-15-7-5-6-8-18(15)24-3/h5-11,17H,12H2,1-4H3,(H,21,22)/t17-/m0/s1. The second-order valence-corrected chi connectivity index (χ2v) is 5.94. The van der Waals surface area contributed by atoms with Gasteiger partial charge < -0.3 is 14.8 Å². The van der Waals surface area contributed by atoms with E-state index in [-0.39, 0.29) is 12.3 Å². The van der Waals surface area contributed by atoms with Gasteiger partial charge in [-0.05, 0) is 37.6 Å². The maximum Gasteiger partial charge on any atom is 0.328 e. The number of benzene rings is 2. The van der Waals surface area contributed by atoms with Gasteiger partial charge in [-0.3, -0.25) is 4.79 Å². The van der Waals surface area contributed by atoms with E-state index < -0.39 is 12.0 Å². The zero-order chi connectivity index (χ0) is 18.4. The van der Waals surface area contributed by atoms with Gasteiger partial charge in [0.2, 0.25) is 0 Å². The van der Waals surface area contributed by atoms with Crippen molar-refractivity contribution in [1.29, 1.82) is 0 Å². The third-order valence-corrected chi connectivity index (χ3v) is 3.89. The van der Waals surface area contributed by atoms with Gasteiger partial charge >= 0.3 is 5.97 Å². The van der Waals surface area contributed by atoms with Gasteiger partial charge in [0.05, 0.1) is 14.2 Å². The molecule has 0 saturated heterocycles. The van der Waals surface area contributed by atoms with E-state index >= 15 is 0 Å². The Morgan fingerprint density at radius 1 is 1.04 bits per heavy atom. The van der Waals surface area contributed by atoms with Gasteiger partial charge in [-0.2, -0.15) is 0 Å². The second-order valence-electron chi connectivity index (χ2n) is 5.94. The molecule has 0 aliphatic rings. The van der Waals surface area contributed by atoms with E-state index in [2.05, 4.69) is 5.32 Å². The summed E-state index contributed by atoms with van der Waals surface area (Å²) < 4.78 is 10.2. The van der Waals surface area contributed by atoms with Crippen molar-refractivity contribution in [3.8, 4) is 5.75 Å². The van der Waals surface area contributed by atoms with Gasteiger partial charge in [-0.15, -0.1) is 0 Å². The number of carbonyl (C=O) groups excluding carboxylic acids is 2. The first kappa shape index (κ1) is 18.5. The summed E-state index contributed by atoms with van der Waals surface area (Å²) in [5.74, 6) is -0.141. The average Bonchev–Trinajstić information content (AvgIpc) is 2.60. The molecule has 0 heterocycles. The van der Waals surface area contributed by atoms with E-state index in [1.54, 1.807) is 19.2 Å². The molecule has 0 aromatic heterocycles. The van der Waals surface area contributed by atoms with E-state index in [4.69, 9.17) is 9.47 Å². The molecule has 132 valence electrons. The molecule has 2 aromatic rings. The summed E-state index contributed by atoms with van der Waals surface area (Å²) in [6.45, 7) is 3.85. The number of hydrogen-bond donors (Lipinski definition) is 1. The minimum atomic E-state index is -0.797. The van der Waals surface area contributed by atoms with Crippen molar-refractivity contribution in [2.45, 2.75) is 26.3 Å². The lowest BCUT2D eigenvalue weighted by atomic mass is 10.0. The van der Waals surface area contributed by atoms with Crippen LogP contribution >= 0.6 is 0 Å². The Morgan fingerprint density at radius 3 is 2.28 bits per heavy atom. The normalized spacial score (nSPS) is 11.5. The van der Waals surface area contributed by atoms with Crippen molar-refractivity contribution in [3.05, 3.63) is 64.7 Å². The van der Waals surface area contributed by atoms with Crippen molar-refractivity contribution < 1.29 is 19.1 Å². The quantitative estimate of drug-likeness (QED) is 0.821. The van der Waals surface area contributed by atoms with E-state index in [0.29, 0.717) is 11.3 Å². The van der Waals surface area contributed by atoms with Crippen molar-refractivity contribution >= 4 is 11.9 Å². The minimum absolute atomic E-state index is 0.285. The Morgan fingerprint density at radius 2 is 1.68 bits per heavy atom. The first-order valence-electron chi connectivity index (χ1n) is 8.03. The van der Waals surface area contributed by atoms with Gasteiger partial charge in [0.1, 0.15) is 11.8 Å². The van der Waals surface area contributed by atoms with Crippen molar-refractivity contribution in [1.82, 2.24) is 5.32 Å². The van der Waals surface area contributed by atoms with Gasteiger partial charge in [0, 0.05) is 12.0 Å². The Kier molecular flexibility index (Phi) is 6.17. The summed E-state index contributed by atoms with van der Waals surface area (Å²) in [7, 11) is 2.88. The molecular weight excluding hydrogens is 318 g/mol. The van der Waals surface area contributed by atoms with E-state index in [0.717, 1.165) is 16.7 Å². The second kappa shape index (κ2) is 8.33. The Bertz CT molecular complexity index is 750. The number of hydrogen-bond acceptors (Lipinski definition) is 4. The molecule has 25 heavy (non-hydrogen) atoms. The number of para-hydroxylation sites is 1. The molecule has 2 aromatic carbocycles. The molecule has 0 aliphatic heterocycles. The highest BCUT2D eigenvalue weighted by Gasteiger charge is 2.24. The molecule has 5 heteroatoms. The number of carbonyl (C=O) groups is 2. The third-order valence-electron chi connectivity index (χ3n) is 3.89.